The second kappa shape index (κ2) is 47.4. The van der Waals surface area contributed by atoms with Crippen LogP contribution in [0.15, 0.2) is 36.5 Å². The van der Waals surface area contributed by atoms with Gasteiger partial charge in [0, 0.05) is 42.9 Å². The first-order valence-electron chi connectivity index (χ1n) is 27.0. The van der Waals surface area contributed by atoms with E-state index in [9.17, 15) is 33.6 Å². The molecule has 0 radical (unpaired) electrons. The Balaban J connectivity index is -0.000000196. The number of hydrogen-bond donors (Lipinski definition) is 6. The van der Waals surface area contributed by atoms with Crippen molar-refractivity contribution in [3.63, 3.8) is 0 Å². The average Bonchev–Trinajstić information content (AvgIpc) is 4.10. The Hall–Kier alpha value is -2.66. The number of amides is 7. The van der Waals surface area contributed by atoms with Gasteiger partial charge in [-0.05, 0) is 137 Å². The number of quaternary nitrogens is 2. The second-order valence-corrected chi connectivity index (χ2v) is 42.5. The van der Waals surface area contributed by atoms with E-state index in [2.05, 4.69) is 104 Å². The SMILES string of the molecule is C.C.C.C.C=C(C)C(=O)N1CC1N(C)C.C=C(C)C(=O)NCC[N+](C)(C)CC(=O)NCCC[Si](C)(C)O[Si](C)(C)CCCNC(=O)C[N+](C)(C)CCNC(=O)C(=C)C.C[Si](C)(CCCNC(=O)CCl)O[Si](C)(C)CCCNC(=O)CCl.[Cl-].[Cl-]. The molecule has 1 heterocycles. The van der Waals surface area contributed by atoms with Gasteiger partial charge >= 0.3 is 0 Å². The summed E-state index contributed by atoms with van der Waals surface area (Å²) in [5.41, 5.74) is 1.57. The van der Waals surface area contributed by atoms with Crippen molar-refractivity contribution in [2.24, 2.45) is 0 Å². The van der Waals surface area contributed by atoms with Crippen molar-refractivity contribution in [3.05, 3.63) is 36.5 Å². The predicted octanol–water partition coefficient (Wildman–Crippen LogP) is 1.71. The number of likely N-dealkylation sites (N-methyl/N-ethyl adjacent to an activating group) is 3. The van der Waals surface area contributed by atoms with Crippen LogP contribution >= 0.6 is 23.2 Å². The monoisotopic (exact) mass is 1330 g/mol. The molecule has 1 atom stereocenters. The Labute approximate surface area is 533 Å². The Morgan fingerprint density at radius 3 is 0.976 bits per heavy atom. The highest BCUT2D eigenvalue weighted by Crippen LogP contribution is 2.25. The van der Waals surface area contributed by atoms with Crippen LogP contribution in [0.2, 0.25) is 76.6 Å². The lowest BCUT2D eigenvalue weighted by atomic mass is 10.3. The second-order valence-electron chi connectivity index (χ2n) is 24.2. The van der Waals surface area contributed by atoms with Crippen molar-refractivity contribution in [1.29, 1.82) is 0 Å². The molecule has 0 aromatic heterocycles. The van der Waals surface area contributed by atoms with Crippen molar-refractivity contribution in [3.8, 4) is 0 Å². The van der Waals surface area contributed by atoms with Gasteiger partial charge in [-0.2, -0.15) is 0 Å². The van der Waals surface area contributed by atoms with E-state index in [1.807, 2.05) is 47.2 Å². The molecule has 1 aliphatic heterocycles. The van der Waals surface area contributed by atoms with E-state index in [1.165, 1.54) is 0 Å². The van der Waals surface area contributed by atoms with Crippen LogP contribution in [0.25, 0.3) is 0 Å². The summed E-state index contributed by atoms with van der Waals surface area (Å²) in [6.45, 7) is 40.2. The van der Waals surface area contributed by atoms with Gasteiger partial charge in [-0.15, -0.1) is 23.2 Å². The highest BCUT2D eigenvalue weighted by atomic mass is 35.5. The van der Waals surface area contributed by atoms with Gasteiger partial charge in [0.25, 0.3) is 11.8 Å². The predicted molar refractivity (Wildman–Crippen MR) is 354 cm³/mol. The maximum Gasteiger partial charge on any atom is 0.275 e. The van der Waals surface area contributed by atoms with Crippen LogP contribution < -0.4 is 56.7 Å². The highest BCUT2D eigenvalue weighted by Gasteiger charge is 2.40. The van der Waals surface area contributed by atoms with Crippen LogP contribution in [-0.2, 0) is 41.8 Å². The first-order valence-corrected chi connectivity index (χ1v) is 40.5. The third kappa shape index (κ3) is 52.2. The number of carbonyl (C=O) groups is 7. The lowest BCUT2D eigenvalue weighted by molar-refractivity contribution is -0.881. The Morgan fingerprint density at radius 1 is 0.494 bits per heavy atom. The summed E-state index contributed by atoms with van der Waals surface area (Å²) in [7, 11) is 4.55. The van der Waals surface area contributed by atoms with Crippen LogP contribution in [0.5, 0.6) is 0 Å². The lowest BCUT2D eigenvalue weighted by Gasteiger charge is -2.34. The smallest absolute Gasteiger partial charge is 0.275 e. The molecule has 1 fully saturated rings. The molecular weight excluding hydrogens is 1210 g/mol. The summed E-state index contributed by atoms with van der Waals surface area (Å²) in [5.74, 6) is -0.466. The van der Waals surface area contributed by atoms with Crippen LogP contribution in [0.1, 0.15) is 76.2 Å². The van der Waals surface area contributed by atoms with E-state index >= 15 is 0 Å². The summed E-state index contributed by atoms with van der Waals surface area (Å²) < 4.78 is 14.2. The zero-order valence-corrected chi connectivity index (χ0v) is 58.5. The fourth-order valence-corrected chi connectivity index (χ4v) is 26.0. The molecule has 7 amide bonds. The summed E-state index contributed by atoms with van der Waals surface area (Å²) in [6.07, 6.45) is 3.88. The van der Waals surface area contributed by atoms with Gasteiger partial charge in [0.05, 0.1) is 60.9 Å². The van der Waals surface area contributed by atoms with Gasteiger partial charge in [0.2, 0.25) is 29.5 Å². The van der Waals surface area contributed by atoms with Gasteiger partial charge in [0.1, 0.15) is 17.9 Å². The zero-order chi connectivity index (χ0) is 60.0. The molecule has 27 heteroatoms. The Kier molecular flexibility index (Phi) is 55.2. The maximum atomic E-state index is 12.5. The fraction of sp³-hybridized carbons (Fsp3) is 0.768. The molecule has 0 aromatic rings. The topological polar surface area (TPSA) is 216 Å². The van der Waals surface area contributed by atoms with E-state index in [0.29, 0.717) is 97.3 Å². The molecule has 6 N–H and O–H groups in total. The van der Waals surface area contributed by atoms with Gasteiger partial charge in [0.15, 0.2) is 46.4 Å². The van der Waals surface area contributed by atoms with Crippen molar-refractivity contribution < 1.29 is 75.6 Å². The number of rotatable bonds is 36. The average molecular weight is 1330 g/mol. The molecule has 494 valence electrons. The summed E-state index contributed by atoms with van der Waals surface area (Å²) in [6, 6.07) is 3.95. The molecule has 0 aromatic carbocycles. The fourth-order valence-electron chi connectivity index (χ4n) is 8.09. The van der Waals surface area contributed by atoms with E-state index in [-0.39, 0.29) is 108 Å². The summed E-state index contributed by atoms with van der Waals surface area (Å²) in [4.78, 5) is 85.5. The van der Waals surface area contributed by atoms with Crippen LogP contribution in [0.3, 0.4) is 0 Å². The molecular formula is C56H122Cl4N10O9Si4. The van der Waals surface area contributed by atoms with Crippen LogP contribution in [0, 0.1) is 0 Å². The molecule has 0 aliphatic carbocycles. The number of hydrogen-bond acceptors (Lipinski definition) is 10. The number of carbonyl (C=O) groups excluding carboxylic acids is 7. The Bertz CT molecular complexity index is 1840. The first kappa shape index (κ1) is 96.6. The minimum absolute atomic E-state index is 0. The molecule has 1 aliphatic rings. The van der Waals surface area contributed by atoms with Crippen molar-refractivity contribution in [2.75, 3.05) is 126 Å². The molecule has 19 nitrogen and oxygen atoms in total. The molecule has 0 bridgehead atoms. The molecule has 0 spiro atoms. The molecule has 1 rings (SSSR count). The van der Waals surface area contributed by atoms with Crippen LogP contribution in [0.4, 0.5) is 0 Å². The van der Waals surface area contributed by atoms with Gasteiger partial charge < -0.3 is 78.8 Å². The van der Waals surface area contributed by atoms with E-state index in [4.69, 9.17) is 31.4 Å². The maximum absolute atomic E-state index is 12.5. The summed E-state index contributed by atoms with van der Waals surface area (Å²) >= 11 is 10.9. The van der Waals surface area contributed by atoms with Crippen molar-refractivity contribution in [1.82, 2.24) is 41.7 Å². The standard InChI is InChI=1S/C30H60N6O5Si2.C14H30Cl2N2O3Si2.C8H14N2O.4CH4.2ClH/c1-25(2)29(39)33-17-19-35(5,6)23-27(37)31-15-13-21-42(9,10)41-43(11,12)22-14-16-32-28(38)24-36(7,8)20-18-34-30(40)26(3)4;1-22(2,9-5-7-17-13(19)11-15)21-23(3,4)10-6-8-18-14(20)12-16;1-6(2)8(11)10-5-7(10)9(3)4;;;;;;/h1,3,13-24H2,2,4-12H3,(H2-2,31,32,33,34,37,38,39,40);5-12H2,1-4H3,(H,17,19)(H,18,20);7H,1,5H2,2-4H3;4*1H4;2*1H. The third-order valence-corrected chi connectivity index (χ3v) is 27.7. The zero-order valence-electron chi connectivity index (χ0n) is 51.5. The quantitative estimate of drug-likeness (QED) is 0.0133. The molecule has 83 heavy (non-hydrogen) atoms. The lowest BCUT2D eigenvalue weighted by Crippen LogP contribution is -3.00. The minimum atomic E-state index is -1.90. The van der Waals surface area contributed by atoms with Gasteiger partial charge in [-0.1, -0.05) is 49.4 Å². The largest absolute Gasteiger partial charge is 1.00 e. The van der Waals surface area contributed by atoms with E-state index in [0.717, 1.165) is 56.4 Å². The van der Waals surface area contributed by atoms with E-state index in [1.54, 1.807) is 25.7 Å². The number of nitrogens with one attached hydrogen (secondary N) is 6. The molecule has 1 saturated heterocycles. The van der Waals surface area contributed by atoms with Crippen LogP contribution in [-0.4, -0.2) is 226 Å². The molecule has 0 saturated carbocycles. The van der Waals surface area contributed by atoms with Gasteiger partial charge in [-0.3, -0.25) is 38.5 Å². The van der Waals surface area contributed by atoms with Crippen molar-refractivity contribution >= 4 is 97.8 Å². The van der Waals surface area contributed by atoms with Crippen molar-refractivity contribution in [2.45, 2.75) is 159 Å². The summed E-state index contributed by atoms with van der Waals surface area (Å²) in [5, 5.41) is 17.3. The molecule has 1 unspecified atom stereocenters. The number of halogens is 4. The van der Waals surface area contributed by atoms with Gasteiger partial charge in [-0.25, -0.2) is 0 Å². The van der Waals surface area contributed by atoms with E-state index < -0.39 is 33.3 Å². The number of alkyl halides is 2. The minimum Gasteiger partial charge on any atom is -1.00 e. The third-order valence-electron chi connectivity index (χ3n) is 12.2. The Morgan fingerprint density at radius 2 is 0.759 bits per heavy atom. The first-order chi connectivity index (χ1) is 35.2. The normalized spacial score (nSPS) is 12.7. The number of nitrogens with zero attached hydrogens (tertiary/aromatic N) is 4. The highest BCUT2D eigenvalue weighted by molar-refractivity contribution is 6.85.